The van der Waals surface area contributed by atoms with Gasteiger partial charge >= 0.3 is 0 Å². The molecule has 0 fully saturated rings. The van der Waals surface area contributed by atoms with Gasteiger partial charge in [-0.3, -0.25) is 9.78 Å². The number of carbonyl (C=O) groups is 1. The van der Waals surface area contributed by atoms with Gasteiger partial charge in [-0.1, -0.05) is 6.92 Å². The number of ether oxygens (including phenoxy) is 1. The van der Waals surface area contributed by atoms with E-state index in [1.165, 1.54) is 0 Å². The molecule has 1 amide bonds. The van der Waals surface area contributed by atoms with Crippen LogP contribution in [-0.4, -0.2) is 34.4 Å². The van der Waals surface area contributed by atoms with Gasteiger partial charge in [0.2, 0.25) is 0 Å². The molecule has 0 saturated heterocycles. The van der Waals surface area contributed by atoms with Crippen LogP contribution in [0.2, 0.25) is 0 Å². The predicted octanol–water partition coefficient (Wildman–Crippen LogP) is 3.62. The van der Waals surface area contributed by atoms with E-state index < -0.39 is 0 Å². The summed E-state index contributed by atoms with van der Waals surface area (Å²) < 4.78 is 5.72. The summed E-state index contributed by atoms with van der Waals surface area (Å²) in [5.41, 5.74) is 2.79. The van der Waals surface area contributed by atoms with Crippen molar-refractivity contribution in [2.45, 2.75) is 47.1 Å². The van der Waals surface area contributed by atoms with Crippen LogP contribution in [0.4, 0.5) is 0 Å². The molecule has 0 unspecified atom stereocenters. The minimum Gasteiger partial charge on any atom is -0.482 e. The van der Waals surface area contributed by atoms with Crippen molar-refractivity contribution in [2.24, 2.45) is 0 Å². The number of thiazole rings is 1. The monoisotopic (exact) mass is 347 g/mol. The van der Waals surface area contributed by atoms with Crippen molar-refractivity contribution in [2.75, 3.05) is 13.7 Å². The van der Waals surface area contributed by atoms with Crippen molar-refractivity contribution in [3.05, 3.63) is 39.1 Å². The molecule has 0 aromatic carbocycles. The summed E-state index contributed by atoms with van der Waals surface area (Å²) in [7, 11) is 1.79. The molecule has 0 spiro atoms. The number of aryl methyl sites for hydroxylation is 4. The molecule has 0 N–H and O–H groups in total. The van der Waals surface area contributed by atoms with Crippen LogP contribution < -0.4 is 4.74 Å². The lowest BCUT2D eigenvalue weighted by Gasteiger charge is -2.24. The smallest absolute Gasteiger partial charge is 0.260 e. The first-order valence-corrected chi connectivity index (χ1v) is 8.94. The van der Waals surface area contributed by atoms with E-state index in [-0.39, 0.29) is 18.6 Å². The Kier molecular flexibility index (Phi) is 5.94. The van der Waals surface area contributed by atoms with Crippen LogP contribution in [0.1, 0.15) is 46.9 Å². The zero-order valence-electron chi connectivity index (χ0n) is 15.2. The van der Waals surface area contributed by atoms with E-state index in [9.17, 15) is 4.79 Å². The topological polar surface area (TPSA) is 55.3 Å². The molecule has 0 aliphatic carbocycles. The van der Waals surface area contributed by atoms with E-state index in [2.05, 4.69) is 9.97 Å². The number of carbonyl (C=O) groups excluding carboxylic acids is 1. The summed E-state index contributed by atoms with van der Waals surface area (Å²) in [5.74, 6) is 0.605. The van der Waals surface area contributed by atoms with Crippen molar-refractivity contribution in [3.8, 4) is 5.75 Å². The van der Waals surface area contributed by atoms with Gasteiger partial charge in [-0.15, -0.1) is 11.3 Å². The number of hydrogen-bond acceptors (Lipinski definition) is 5. The minimum absolute atomic E-state index is 0.000742. The normalized spacial score (nSPS) is 12.1. The molecule has 130 valence electrons. The van der Waals surface area contributed by atoms with E-state index in [1.54, 1.807) is 23.3 Å². The van der Waals surface area contributed by atoms with Gasteiger partial charge in [0.15, 0.2) is 6.61 Å². The Morgan fingerprint density at radius 3 is 2.58 bits per heavy atom. The molecular weight excluding hydrogens is 322 g/mol. The van der Waals surface area contributed by atoms with Crippen LogP contribution in [-0.2, 0) is 11.2 Å². The average Bonchev–Trinajstić information content (AvgIpc) is 2.90. The third-order valence-corrected chi connectivity index (χ3v) is 4.97. The second kappa shape index (κ2) is 7.75. The fourth-order valence-electron chi connectivity index (χ4n) is 2.56. The SMILES string of the molecule is CCc1nc(C)ccc1OCC(=O)N(C)[C@H](C)c1nc(C)sc1C. The largest absolute Gasteiger partial charge is 0.482 e. The summed E-state index contributed by atoms with van der Waals surface area (Å²) in [5, 5.41) is 1.02. The first kappa shape index (κ1) is 18.4. The number of rotatable bonds is 6. The number of hydrogen-bond donors (Lipinski definition) is 0. The van der Waals surface area contributed by atoms with Crippen LogP contribution in [0, 0.1) is 20.8 Å². The van der Waals surface area contributed by atoms with E-state index in [0.29, 0.717) is 5.75 Å². The zero-order chi connectivity index (χ0) is 17.9. The van der Waals surface area contributed by atoms with Gasteiger partial charge in [0.25, 0.3) is 5.91 Å². The van der Waals surface area contributed by atoms with Crippen molar-refractivity contribution in [1.82, 2.24) is 14.9 Å². The number of nitrogens with zero attached hydrogens (tertiary/aromatic N) is 3. The van der Waals surface area contributed by atoms with Gasteiger partial charge < -0.3 is 9.64 Å². The summed E-state index contributed by atoms with van der Waals surface area (Å²) in [6, 6.07) is 3.70. The number of amides is 1. The second-order valence-electron chi connectivity index (χ2n) is 5.89. The Labute approximate surface area is 147 Å². The Bertz CT molecular complexity index is 727. The highest BCUT2D eigenvalue weighted by molar-refractivity contribution is 7.11. The summed E-state index contributed by atoms with van der Waals surface area (Å²) in [4.78, 5) is 24.3. The average molecular weight is 347 g/mol. The molecule has 2 heterocycles. The minimum atomic E-state index is -0.0761. The molecular formula is C18H25N3O2S. The van der Waals surface area contributed by atoms with Crippen LogP contribution in [0.25, 0.3) is 0 Å². The molecule has 0 aliphatic heterocycles. The quantitative estimate of drug-likeness (QED) is 0.801. The maximum Gasteiger partial charge on any atom is 0.260 e. The zero-order valence-corrected chi connectivity index (χ0v) is 16.0. The maximum absolute atomic E-state index is 12.5. The Balaban J connectivity index is 2.03. The van der Waals surface area contributed by atoms with Crippen molar-refractivity contribution in [3.63, 3.8) is 0 Å². The van der Waals surface area contributed by atoms with E-state index in [0.717, 1.165) is 33.4 Å². The molecule has 2 aromatic heterocycles. The highest BCUT2D eigenvalue weighted by Crippen LogP contribution is 2.26. The summed E-state index contributed by atoms with van der Waals surface area (Å²) >= 11 is 1.65. The molecule has 1 atom stereocenters. The fraction of sp³-hybridized carbons (Fsp3) is 0.500. The van der Waals surface area contributed by atoms with E-state index >= 15 is 0 Å². The summed E-state index contributed by atoms with van der Waals surface area (Å²) in [6.45, 7) is 9.98. The number of aromatic nitrogens is 2. The molecule has 0 saturated carbocycles. The lowest BCUT2D eigenvalue weighted by atomic mass is 10.2. The first-order valence-electron chi connectivity index (χ1n) is 8.12. The van der Waals surface area contributed by atoms with Crippen LogP contribution in [0.5, 0.6) is 5.75 Å². The van der Waals surface area contributed by atoms with Gasteiger partial charge in [0.05, 0.1) is 22.4 Å². The lowest BCUT2D eigenvalue weighted by molar-refractivity contribution is -0.134. The maximum atomic E-state index is 12.5. The van der Waals surface area contributed by atoms with Crippen molar-refractivity contribution >= 4 is 17.2 Å². The van der Waals surface area contributed by atoms with Crippen LogP contribution >= 0.6 is 11.3 Å². The number of pyridine rings is 1. The standard InChI is InChI=1S/C18H25N3O2S/c1-7-15-16(9-8-11(2)19-15)23-10-17(22)21(6)12(3)18-13(4)24-14(5)20-18/h8-9,12H,7,10H2,1-6H3/t12-/m1/s1. The molecule has 6 heteroatoms. The van der Waals surface area contributed by atoms with Crippen molar-refractivity contribution in [1.29, 1.82) is 0 Å². The van der Waals surface area contributed by atoms with Gasteiger partial charge in [-0.05, 0) is 46.2 Å². The fourth-order valence-corrected chi connectivity index (χ4v) is 3.46. The van der Waals surface area contributed by atoms with Gasteiger partial charge in [0.1, 0.15) is 5.75 Å². The third kappa shape index (κ3) is 4.12. The Morgan fingerprint density at radius 1 is 1.29 bits per heavy atom. The number of likely N-dealkylation sites (N-methyl/N-ethyl adjacent to an activating group) is 1. The predicted molar refractivity (Wildman–Crippen MR) is 96.6 cm³/mol. The highest BCUT2D eigenvalue weighted by atomic mass is 32.1. The third-order valence-electron chi connectivity index (χ3n) is 4.07. The van der Waals surface area contributed by atoms with Gasteiger partial charge in [-0.2, -0.15) is 0 Å². The Hall–Kier alpha value is -1.95. The molecule has 5 nitrogen and oxygen atoms in total. The molecule has 0 aliphatic rings. The summed E-state index contributed by atoms with van der Waals surface area (Å²) in [6.07, 6.45) is 0.773. The van der Waals surface area contributed by atoms with Crippen LogP contribution in [0.15, 0.2) is 12.1 Å². The molecule has 0 radical (unpaired) electrons. The van der Waals surface area contributed by atoms with Gasteiger partial charge in [-0.25, -0.2) is 4.98 Å². The second-order valence-corrected chi connectivity index (χ2v) is 7.30. The van der Waals surface area contributed by atoms with Gasteiger partial charge in [0, 0.05) is 17.6 Å². The molecule has 0 bridgehead atoms. The van der Waals surface area contributed by atoms with Crippen molar-refractivity contribution < 1.29 is 9.53 Å². The molecule has 2 rings (SSSR count). The van der Waals surface area contributed by atoms with E-state index in [4.69, 9.17) is 4.74 Å². The molecule has 2 aromatic rings. The molecule has 24 heavy (non-hydrogen) atoms. The van der Waals surface area contributed by atoms with E-state index in [1.807, 2.05) is 46.8 Å². The Morgan fingerprint density at radius 2 is 2.00 bits per heavy atom. The van der Waals surface area contributed by atoms with Crippen LogP contribution in [0.3, 0.4) is 0 Å². The first-order chi connectivity index (χ1) is 11.3. The lowest BCUT2D eigenvalue weighted by Crippen LogP contribution is -2.34. The highest BCUT2D eigenvalue weighted by Gasteiger charge is 2.22.